The van der Waals surface area contributed by atoms with Crippen molar-refractivity contribution in [3.8, 4) is 0 Å². The van der Waals surface area contributed by atoms with Gasteiger partial charge in [-0.05, 0) is 38.1 Å². The van der Waals surface area contributed by atoms with Gasteiger partial charge in [0, 0.05) is 11.1 Å². The van der Waals surface area contributed by atoms with Gasteiger partial charge in [-0.25, -0.2) is 21.8 Å². The predicted molar refractivity (Wildman–Crippen MR) is 101 cm³/mol. The number of sulfone groups is 2. The van der Waals surface area contributed by atoms with E-state index < -0.39 is 36.2 Å². The molecule has 1 unspecified atom stereocenters. The minimum absolute atomic E-state index is 0.0421. The molecule has 8 heteroatoms. The monoisotopic (exact) mass is 405 g/mol. The van der Waals surface area contributed by atoms with E-state index in [1.165, 1.54) is 18.2 Å². The number of rotatable bonds is 3. The molecule has 1 atom stereocenters. The molecule has 142 valence electrons. The van der Waals surface area contributed by atoms with Crippen molar-refractivity contribution >= 4 is 25.6 Å². The highest BCUT2D eigenvalue weighted by Crippen LogP contribution is 2.43. The third kappa shape index (κ3) is 2.96. The zero-order valence-corrected chi connectivity index (χ0v) is 16.5. The highest BCUT2D eigenvalue weighted by Gasteiger charge is 2.45. The molecule has 0 spiro atoms. The van der Waals surface area contributed by atoms with E-state index in [-0.39, 0.29) is 15.4 Å². The van der Waals surface area contributed by atoms with Gasteiger partial charge in [-0.2, -0.15) is 0 Å². The molecule has 4 rings (SSSR count). The summed E-state index contributed by atoms with van der Waals surface area (Å²) in [5, 5.41) is -1.19. The van der Waals surface area contributed by atoms with Crippen molar-refractivity contribution in [2.45, 2.75) is 34.4 Å². The van der Waals surface area contributed by atoms with Crippen LogP contribution < -0.4 is 0 Å². The van der Waals surface area contributed by atoms with Gasteiger partial charge in [-0.3, -0.25) is 0 Å². The van der Waals surface area contributed by atoms with E-state index in [2.05, 4.69) is 4.99 Å². The van der Waals surface area contributed by atoms with Crippen LogP contribution in [0.1, 0.15) is 30.2 Å². The van der Waals surface area contributed by atoms with Crippen molar-refractivity contribution < 1.29 is 21.6 Å². The summed E-state index contributed by atoms with van der Waals surface area (Å²) in [6.07, 6.45) is 0. The first kappa shape index (κ1) is 18.2. The van der Waals surface area contributed by atoms with Gasteiger partial charge in [0.25, 0.3) is 0 Å². The maximum atomic E-state index is 13.2. The first-order valence-electron chi connectivity index (χ1n) is 8.49. The van der Waals surface area contributed by atoms with Crippen LogP contribution >= 0.6 is 0 Å². The van der Waals surface area contributed by atoms with Gasteiger partial charge in [0.15, 0.2) is 19.7 Å². The van der Waals surface area contributed by atoms with E-state index in [9.17, 15) is 16.8 Å². The molecule has 2 aromatic rings. The van der Waals surface area contributed by atoms with Crippen LogP contribution in [0.2, 0.25) is 0 Å². The molecule has 6 nitrogen and oxygen atoms in total. The lowest BCUT2D eigenvalue weighted by atomic mass is 10.0. The fraction of sp³-hybridized carbons (Fsp3) is 0.316. The lowest BCUT2D eigenvalue weighted by Crippen LogP contribution is -2.18. The molecule has 2 aliphatic rings. The molecule has 0 amide bonds. The maximum Gasteiger partial charge on any atom is 0.217 e. The average molecular weight is 405 g/mol. The maximum absolute atomic E-state index is 13.2. The van der Waals surface area contributed by atoms with Crippen molar-refractivity contribution in [3.63, 3.8) is 0 Å². The normalized spacial score (nSPS) is 22.7. The highest BCUT2D eigenvalue weighted by atomic mass is 32.2. The minimum atomic E-state index is -3.89. The summed E-state index contributed by atoms with van der Waals surface area (Å²) in [7, 11) is -7.61. The summed E-state index contributed by atoms with van der Waals surface area (Å²) in [6.45, 7) is 4.16. The molecule has 0 fully saturated rings. The van der Waals surface area contributed by atoms with Crippen LogP contribution in [0.5, 0.6) is 0 Å². The topological polar surface area (TPSA) is 89.9 Å². The zero-order chi connectivity index (χ0) is 19.4. The van der Waals surface area contributed by atoms with Crippen LogP contribution in [0.15, 0.2) is 63.3 Å². The van der Waals surface area contributed by atoms with E-state index in [0.717, 1.165) is 0 Å². The Balaban J connectivity index is 1.94. The van der Waals surface area contributed by atoms with Crippen molar-refractivity contribution in [1.29, 1.82) is 0 Å². The Morgan fingerprint density at radius 1 is 1.07 bits per heavy atom. The van der Waals surface area contributed by atoms with E-state index >= 15 is 0 Å². The van der Waals surface area contributed by atoms with Crippen LogP contribution in [-0.4, -0.2) is 40.6 Å². The Morgan fingerprint density at radius 2 is 1.78 bits per heavy atom. The Morgan fingerprint density at radius 3 is 2.41 bits per heavy atom. The quantitative estimate of drug-likeness (QED) is 0.783. The summed E-state index contributed by atoms with van der Waals surface area (Å²) in [5.41, 5.74) is 0.255. The average Bonchev–Trinajstić information content (AvgIpc) is 3.13. The molecule has 0 bridgehead atoms. The number of aliphatic imine (C=N–C) groups is 1. The summed E-state index contributed by atoms with van der Waals surface area (Å²) < 4.78 is 57.5. The molecule has 0 saturated carbocycles. The van der Waals surface area contributed by atoms with Gasteiger partial charge in [-0.1, -0.05) is 24.3 Å². The standard InChI is InChI=1S/C19H19NO5S2/c1-19(2)12-25-18(20-19)14-9-6-10-15-17(14)16(11-26(15,21)22)27(23,24)13-7-4-3-5-8-13/h3-10,16H,11-12H2,1-2H3. The Hall–Kier alpha value is -2.19. The molecule has 27 heavy (non-hydrogen) atoms. The molecule has 0 aromatic heterocycles. The number of benzene rings is 2. The summed E-state index contributed by atoms with van der Waals surface area (Å²) in [6, 6.07) is 12.6. The van der Waals surface area contributed by atoms with Gasteiger partial charge < -0.3 is 4.74 Å². The van der Waals surface area contributed by atoms with E-state index in [1.54, 1.807) is 30.3 Å². The third-order valence-electron chi connectivity index (χ3n) is 4.74. The van der Waals surface area contributed by atoms with Gasteiger partial charge in [0.1, 0.15) is 11.9 Å². The van der Waals surface area contributed by atoms with Crippen LogP contribution in [-0.2, 0) is 24.4 Å². The second kappa shape index (κ2) is 5.90. The van der Waals surface area contributed by atoms with Crippen molar-refractivity contribution in [2.75, 3.05) is 12.4 Å². The molecule has 0 radical (unpaired) electrons. The Kier molecular flexibility index (Phi) is 3.98. The molecule has 2 aliphatic heterocycles. The molecule has 2 aromatic carbocycles. The Labute approximate surface area is 158 Å². The molecule has 2 heterocycles. The largest absolute Gasteiger partial charge is 0.475 e. The molecule has 0 aliphatic carbocycles. The van der Waals surface area contributed by atoms with Crippen LogP contribution in [0, 0.1) is 0 Å². The predicted octanol–water partition coefficient (Wildman–Crippen LogP) is 2.54. The lowest BCUT2D eigenvalue weighted by Gasteiger charge is -2.15. The molecule has 0 N–H and O–H groups in total. The summed E-state index contributed by atoms with van der Waals surface area (Å²) >= 11 is 0. The van der Waals surface area contributed by atoms with Gasteiger partial charge in [0.2, 0.25) is 5.90 Å². The lowest BCUT2D eigenvalue weighted by molar-refractivity contribution is 0.279. The highest BCUT2D eigenvalue weighted by molar-refractivity contribution is 7.96. The van der Waals surface area contributed by atoms with Gasteiger partial charge >= 0.3 is 0 Å². The van der Waals surface area contributed by atoms with Crippen molar-refractivity contribution in [2.24, 2.45) is 4.99 Å². The number of ether oxygens (including phenoxy) is 1. The zero-order valence-electron chi connectivity index (χ0n) is 14.9. The first-order valence-corrected chi connectivity index (χ1v) is 11.7. The van der Waals surface area contributed by atoms with Gasteiger partial charge in [-0.15, -0.1) is 0 Å². The van der Waals surface area contributed by atoms with Crippen molar-refractivity contribution in [3.05, 3.63) is 59.7 Å². The first-order chi connectivity index (χ1) is 12.6. The SMILES string of the molecule is CC1(C)COC(c2cccc3c2C(S(=O)(=O)c2ccccc2)CS3(=O)=O)=N1. The second-order valence-electron chi connectivity index (χ2n) is 7.36. The van der Waals surface area contributed by atoms with Crippen LogP contribution in [0.3, 0.4) is 0 Å². The summed E-state index contributed by atoms with van der Waals surface area (Å²) in [4.78, 5) is 4.65. The smallest absolute Gasteiger partial charge is 0.217 e. The fourth-order valence-corrected chi connectivity index (χ4v) is 7.82. The second-order valence-corrected chi connectivity index (χ2v) is 11.5. The third-order valence-corrected chi connectivity index (χ3v) is 8.83. The van der Waals surface area contributed by atoms with E-state index in [4.69, 9.17) is 4.74 Å². The fourth-order valence-electron chi connectivity index (χ4n) is 3.45. The van der Waals surface area contributed by atoms with Gasteiger partial charge in [0.05, 0.1) is 21.1 Å². The summed E-state index contributed by atoms with van der Waals surface area (Å²) in [5.74, 6) is -0.185. The molecule has 0 saturated heterocycles. The minimum Gasteiger partial charge on any atom is -0.475 e. The number of nitrogens with zero attached hydrogens (tertiary/aromatic N) is 1. The number of hydrogen-bond acceptors (Lipinski definition) is 6. The van der Waals surface area contributed by atoms with Crippen LogP contribution in [0.4, 0.5) is 0 Å². The molecular formula is C19H19NO5S2. The number of fused-ring (bicyclic) bond motifs is 1. The Bertz CT molecular complexity index is 1150. The van der Waals surface area contributed by atoms with Crippen LogP contribution in [0.25, 0.3) is 0 Å². The van der Waals surface area contributed by atoms with E-state index in [0.29, 0.717) is 18.1 Å². The number of hydrogen-bond donors (Lipinski definition) is 0. The van der Waals surface area contributed by atoms with E-state index in [1.807, 2.05) is 13.8 Å². The molecular weight excluding hydrogens is 386 g/mol. The van der Waals surface area contributed by atoms with Crippen molar-refractivity contribution in [1.82, 2.24) is 0 Å².